The van der Waals surface area contributed by atoms with Gasteiger partial charge in [0.1, 0.15) is 0 Å². The normalized spacial score (nSPS) is 36.0. The van der Waals surface area contributed by atoms with E-state index < -0.39 is 24.2 Å². The molecule has 4 heteroatoms. The van der Waals surface area contributed by atoms with E-state index in [1.54, 1.807) is 0 Å². The van der Waals surface area contributed by atoms with Crippen LogP contribution < -0.4 is 0 Å². The summed E-state index contributed by atoms with van der Waals surface area (Å²) >= 11 is 0. The van der Waals surface area contributed by atoms with E-state index in [1.165, 1.54) is 25.8 Å². The zero-order valence-corrected chi connectivity index (χ0v) is 6.87. The maximum Gasteiger partial charge on any atom is 0.292 e. The summed E-state index contributed by atoms with van der Waals surface area (Å²) in [7, 11) is 1.51. The first kappa shape index (κ1) is 8.84. The van der Waals surface area contributed by atoms with Gasteiger partial charge in [-0.05, 0) is 20.9 Å². The number of hydrogen-bond acceptors (Lipinski definition) is 1. The standard InChI is InChI=1S/C7H12F3N/c1-6(2)5(8)7(9,10)4-11(6)3/h5H,4H2,1-3H3. The van der Waals surface area contributed by atoms with Crippen molar-refractivity contribution in [3.05, 3.63) is 0 Å². The van der Waals surface area contributed by atoms with Gasteiger partial charge in [0.2, 0.25) is 0 Å². The summed E-state index contributed by atoms with van der Waals surface area (Å²) in [6.07, 6.45) is -2.06. The van der Waals surface area contributed by atoms with Crippen molar-refractivity contribution >= 4 is 0 Å². The topological polar surface area (TPSA) is 3.24 Å². The van der Waals surface area contributed by atoms with Crippen LogP contribution in [0.15, 0.2) is 0 Å². The van der Waals surface area contributed by atoms with Gasteiger partial charge >= 0.3 is 0 Å². The zero-order chi connectivity index (χ0) is 8.86. The molecule has 0 aromatic rings. The van der Waals surface area contributed by atoms with Crippen LogP contribution in [0.4, 0.5) is 13.2 Å². The quantitative estimate of drug-likeness (QED) is 0.530. The lowest BCUT2D eigenvalue weighted by molar-refractivity contribution is -0.0511. The highest BCUT2D eigenvalue weighted by molar-refractivity contribution is 5.04. The molecule has 0 saturated carbocycles. The molecule has 0 aromatic heterocycles. The molecule has 1 atom stereocenters. The first-order chi connectivity index (χ1) is 4.78. The molecule has 1 nitrogen and oxygen atoms in total. The molecular weight excluding hydrogens is 155 g/mol. The Hall–Kier alpha value is -0.250. The van der Waals surface area contributed by atoms with Gasteiger partial charge in [-0.1, -0.05) is 0 Å². The zero-order valence-electron chi connectivity index (χ0n) is 6.87. The Balaban J connectivity index is 2.89. The van der Waals surface area contributed by atoms with E-state index in [0.717, 1.165) is 0 Å². The Morgan fingerprint density at radius 1 is 1.36 bits per heavy atom. The molecule has 0 aromatic carbocycles. The van der Waals surface area contributed by atoms with Gasteiger partial charge in [0.15, 0.2) is 6.17 Å². The number of hydrogen-bond donors (Lipinski definition) is 0. The number of likely N-dealkylation sites (tertiary alicyclic amines) is 1. The minimum Gasteiger partial charge on any atom is -0.292 e. The fourth-order valence-corrected chi connectivity index (χ4v) is 1.31. The summed E-state index contributed by atoms with van der Waals surface area (Å²) in [5, 5.41) is 0. The molecule has 1 aliphatic heterocycles. The number of alkyl halides is 3. The monoisotopic (exact) mass is 167 g/mol. The second kappa shape index (κ2) is 2.12. The van der Waals surface area contributed by atoms with Crippen LogP contribution in [-0.2, 0) is 0 Å². The molecule has 0 amide bonds. The first-order valence-corrected chi connectivity index (χ1v) is 3.51. The molecule has 1 fully saturated rings. The van der Waals surface area contributed by atoms with Crippen molar-refractivity contribution in [2.75, 3.05) is 13.6 Å². The molecular formula is C7H12F3N. The Morgan fingerprint density at radius 3 is 1.91 bits per heavy atom. The summed E-state index contributed by atoms with van der Waals surface area (Å²) < 4.78 is 38.3. The second-order valence-electron chi connectivity index (χ2n) is 3.63. The van der Waals surface area contributed by atoms with E-state index in [4.69, 9.17) is 0 Å². The van der Waals surface area contributed by atoms with E-state index in [-0.39, 0.29) is 0 Å². The Morgan fingerprint density at radius 2 is 1.82 bits per heavy atom. The Labute approximate surface area is 64.2 Å². The predicted molar refractivity (Wildman–Crippen MR) is 36.6 cm³/mol. The minimum absolute atomic E-state index is 0.485. The molecule has 1 saturated heterocycles. The van der Waals surface area contributed by atoms with Gasteiger partial charge < -0.3 is 0 Å². The van der Waals surface area contributed by atoms with Gasteiger partial charge in [0.05, 0.1) is 12.1 Å². The lowest BCUT2D eigenvalue weighted by Gasteiger charge is -2.28. The van der Waals surface area contributed by atoms with Crippen LogP contribution in [-0.4, -0.2) is 36.1 Å². The summed E-state index contributed by atoms with van der Waals surface area (Å²) in [5.41, 5.74) is -1.04. The highest BCUT2D eigenvalue weighted by Crippen LogP contribution is 2.40. The molecule has 1 rings (SSSR count). The van der Waals surface area contributed by atoms with Crippen LogP contribution in [0.25, 0.3) is 0 Å². The number of halogens is 3. The average molecular weight is 167 g/mol. The van der Waals surface area contributed by atoms with Crippen molar-refractivity contribution in [2.45, 2.75) is 31.5 Å². The van der Waals surface area contributed by atoms with E-state index in [0.29, 0.717) is 0 Å². The number of nitrogens with zero attached hydrogens (tertiary/aromatic N) is 1. The fourth-order valence-electron chi connectivity index (χ4n) is 1.31. The molecule has 1 heterocycles. The van der Waals surface area contributed by atoms with Gasteiger partial charge in [-0.3, -0.25) is 4.90 Å². The van der Waals surface area contributed by atoms with Crippen LogP contribution in [0, 0.1) is 0 Å². The van der Waals surface area contributed by atoms with Crippen LogP contribution in [0.2, 0.25) is 0 Å². The van der Waals surface area contributed by atoms with Crippen molar-refractivity contribution in [3.63, 3.8) is 0 Å². The lowest BCUT2D eigenvalue weighted by atomic mass is 9.99. The smallest absolute Gasteiger partial charge is 0.292 e. The third-order valence-corrected chi connectivity index (χ3v) is 2.42. The van der Waals surface area contributed by atoms with Crippen LogP contribution in [0.5, 0.6) is 0 Å². The van der Waals surface area contributed by atoms with Crippen LogP contribution in [0.1, 0.15) is 13.8 Å². The molecule has 11 heavy (non-hydrogen) atoms. The summed E-state index contributed by atoms with van der Waals surface area (Å²) in [4.78, 5) is 1.34. The van der Waals surface area contributed by atoms with Gasteiger partial charge in [0, 0.05) is 0 Å². The average Bonchev–Trinajstić information content (AvgIpc) is 1.94. The largest absolute Gasteiger partial charge is 0.292 e. The van der Waals surface area contributed by atoms with E-state index in [9.17, 15) is 13.2 Å². The molecule has 0 radical (unpaired) electrons. The van der Waals surface area contributed by atoms with E-state index in [1.807, 2.05) is 0 Å². The molecule has 0 aliphatic carbocycles. The fraction of sp³-hybridized carbons (Fsp3) is 1.00. The van der Waals surface area contributed by atoms with Crippen molar-refractivity contribution in [2.24, 2.45) is 0 Å². The van der Waals surface area contributed by atoms with Gasteiger partial charge in [0.25, 0.3) is 5.92 Å². The summed E-state index contributed by atoms with van der Waals surface area (Å²) in [6.45, 7) is 2.48. The minimum atomic E-state index is -3.18. The summed E-state index contributed by atoms with van der Waals surface area (Å²) in [5.74, 6) is -3.18. The molecule has 0 spiro atoms. The van der Waals surface area contributed by atoms with Crippen molar-refractivity contribution in [3.8, 4) is 0 Å². The number of rotatable bonds is 0. The van der Waals surface area contributed by atoms with E-state index >= 15 is 0 Å². The molecule has 1 unspecified atom stereocenters. The van der Waals surface area contributed by atoms with E-state index in [2.05, 4.69) is 0 Å². The predicted octanol–water partition coefficient (Wildman–Crippen LogP) is 1.68. The molecule has 66 valence electrons. The van der Waals surface area contributed by atoms with Crippen molar-refractivity contribution in [1.82, 2.24) is 4.90 Å². The molecule has 0 N–H and O–H groups in total. The molecule has 1 aliphatic rings. The summed E-state index contributed by atoms with van der Waals surface area (Å²) in [6, 6.07) is 0. The lowest BCUT2D eigenvalue weighted by Crippen LogP contribution is -2.42. The maximum atomic E-state index is 12.9. The van der Waals surface area contributed by atoms with Crippen LogP contribution in [0.3, 0.4) is 0 Å². The second-order valence-corrected chi connectivity index (χ2v) is 3.63. The van der Waals surface area contributed by atoms with Crippen LogP contribution >= 0.6 is 0 Å². The SMILES string of the molecule is CN1CC(F)(F)C(F)C1(C)C. The third-order valence-electron chi connectivity index (χ3n) is 2.42. The highest BCUT2D eigenvalue weighted by atomic mass is 19.3. The van der Waals surface area contributed by atoms with Gasteiger partial charge in [-0.15, -0.1) is 0 Å². The highest BCUT2D eigenvalue weighted by Gasteiger charge is 2.58. The van der Waals surface area contributed by atoms with Crippen molar-refractivity contribution in [1.29, 1.82) is 0 Å². The Bertz CT molecular complexity index is 167. The first-order valence-electron chi connectivity index (χ1n) is 3.51. The third kappa shape index (κ3) is 1.13. The Kier molecular flexibility index (Phi) is 1.71. The molecule has 0 bridgehead atoms. The van der Waals surface area contributed by atoms with Crippen molar-refractivity contribution < 1.29 is 13.2 Å². The van der Waals surface area contributed by atoms with Gasteiger partial charge in [-0.2, -0.15) is 0 Å². The van der Waals surface area contributed by atoms with Gasteiger partial charge in [-0.25, -0.2) is 13.2 Å². The maximum absolute atomic E-state index is 12.9.